The summed E-state index contributed by atoms with van der Waals surface area (Å²) in [4.78, 5) is 0.0606. The molecule has 2 N–H and O–H groups in total. The Morgan fingerprint density at radius 3 is 2.11 bits per heavy atom. The second-order valence-electron chi connectivity index (χ2n) is 5.02. The summed E-state index contributed by atoms with van der Waals surface area (Å²) in [5.74, 6) is -0.467. The molecule has 0 fully saturated rings. The van der Waals surface area contributed by atoms with Gasteiger partial charge < -0.3 is 5.11 Å². The van der Waals surface area contributed by atoms with Crippen LogP contribution in [0.1, 0.15) is 25.0 Å². The fraction of sp³-hybridized carbons (Fsp3) is 0.500. The molecular formula is C12H18FNO3S. The number of rotatable bonds is 4. The van der Waals surface area contributed by atoms with Crippen molar-refractivity contribution in [1.29, 1.82) is 0 Å². The molecule has 0 radical (unpaired) electrons. The van der Waals surface area contributed by atoms with Crippen LogP contribution in [0.2, 0.25) is 0 Å². The molecular weight excluding hydrogens is 257 g/mol. The van der Waals surface area contributed by atoms with Gasteiger partial charge in [-0.05, 0) is 51.0 Å². The van der Waals surface area contributed by atoms with Crippen LogP contribution in [0.25, 0.3) is 0 Å². The maximum absolute atomic E-state index is 13.1. The van der Waals surface area contributed by atoms with Crippen LogP contribution in [0.5, 0.6) is 0 Å². The van der Waals surface area contributed by atoms with E-state index in [2.05, 4.69) is 4.72 Å². The summed E-state index contributed by atoms with van der Waals surface area (Å²) in [6.07, 6.45) is 0. The maximum atomic E-state index is 13.1. The molecule has 0 amide bonds. The summed E-state index contributed by atoms with van der Waals surface area (Å²) in [5.41, 5.74) is -0.283. The minimum Gasteiger partial charge on any atom is -0.394 e. The van der Waals surface area contributed by atoms with Crippen molar-refractivity contribution in [2.75, 3.05) is 6.61 Å². The van der Waals surface area contributed by atoms with E-state index in [1.807, 2.05) is 0 Å². The minimum atomic E-state index is -3.78. The molecule has 0 bridgehead atoms. The standard InChI is InChI=1S/C12H18FNO3S/c1-8-5-10(13)6-9(2)11(8)18(16,17)14-12(3,4)7-15/h5-6,14-15H,7H2,1-4H3. The molecule has 0 aromatic heterocycles. The number of aliphatic hydroxyl groups is 1. The number of benzene rings is 1. The Morgan fingerprint density at radius 1 is 1.28 bits per heavy atom. The predicted octanol–water partition coefficient (Wildman–Crippen LogP) is 1.49. The zero-order chi connectivity index (χ0) is 14.1. The lowest BCUT2D eigenvalue weighted by molar-refractivity contribution is 0.208. The Labute approximate surface area is 107 Å². The van der Waals surface area contributed by atoms with Crippen LogP contribution >= 0.6 is 0 Å². The third kappa shape index (κ3) is 3.28. The summed E-state index contributed by atoms with van der Waals surface area (Å²) < 4.78 is 40.0. The summed E-state index contributed by atoms with van der Waals surface area (Å²) in [6.45, 7) is 5.89. The minimum absolute atomic E-state index is 0.0606. The van der Waals surface area contributed by atoms with Crippen LogP contribution in [0.3, 0.4) is 0 Å². The Balaban J connectivity index is 3.30. The third-order valence-electron chi connectivity index (χ3n) is 2.50. The second-order valence-corrected chi connectivity index (χ2v) is 6.64. The Bertz CT molecular complexity index is 529. The molecule has 0 heterocycles. The molecule has 1 aromatic carbocycles. The fourth-order valence-corrected chi connectivity index (χ4v) is 3.63. The zero-order valence-electron chi connectivity index (χ0n) is 10.9. The van der Waals surface area contributed by atoms with E-state index in [9.17, 15) is 12.8 Å². The topological polar surface area (TPSA) is 66.4 Å². The van der Waals surface area contributed by atoms with E-state index in [1.165, 1.54) is 26.0 Å². The van der Waals surface area contributed by atoms with Gasteiger partial charge in [0, 0.05) is 0 Å². The van der Waals surface area contributed by atoms with Crippen molar-refractivity contribution >= 4 is 10.0 Å². The van der Waals surface area contributed by atoms with Crippen molar-refractivity contribution in [3.8, 4) is 0 Å². The highest BCUT2D eigenvalue weighted by atomic mass is 32.2. The third-order valence-corrected chi connectivity index (χ3v) is 4.50. The average Bonchev–Trinajstić information content (AvgIpc) is 2.13. The molecule has 0 aliphatic heterocycles. The summed E-state index contributed by atoms with van der Waals surface area (Å²) >= 11 is 0. The van der Waals surface area contributed by atoms with Gasteiger partial charge in [-0.2, -0.15) is 0 Å². The van der Waals surface area contributed by atoms with Gasteiger partial charge in [-0.1, -0.05) is 0 Å². The van der Waals surface area contributed by atoms with Crippen LogP contribution in [0.15, 0.2) is 17.0 Å². The smallest absolute Gasteiger partial charge is 0.241 e. The van der Waals surface area contributed by atoms with E-state index in [1.54, 1.807) is 13.8 Å². The van der Waals surface area contributed by atoms with Crippen molar-refractivity contribution in [1.82, 2.24) is 4.72 Å². The molecule has 0 atom stereocenters. The molecule has 1 aromatic rings. The Morgan fingerprint density at radius 2 is 1.72 bits per heavy atom. The van der Waals surface area contributed by atoms with Gasteiger partial charge in [-0.3, -0.25) is 0 Å². The number of aliphatic hydroxyl groups excluding tert-OH is 1. The first kappa shape index (κ1) is 15.1. The molecule has 0 aliphatic carbocycles. The van der Waals surface area contributed by atoms with Crippen LogP contribution in [0.4, 0.5) is 4.39 Å². The molecule has 4 nitrogen and oxygen atoms in total. The lowest BCUT2D eigenvalue weighted by atomic mass is 10.1. The van der Waals surface area contributed by atoms with Gasteiger partial charge >= 0.3 is 0 Å². The van der Waals surface area contributed by atoms with E-state index in [0.29, 0.717) is 11.1 Å². The molecule has 0 saturated heterocycles. The first-order chi connectivity index (χ1) is 8.09. The van der Waals surface area contributed by atoms with E-state index in [0.717, 1.165) is 0 Å². The lowest BCUT2D eigenvalue weighted by Gasteiger charge is -2.24. The quantitative estimate of drug-likeness (QED) is 0.875. The van der Waals surface area contributed by atoms with Crippen LogP contribution in [-0.4, -0.2) is 25.7 Å². The van der Waals surface area contributed by atoms with Gasteiger partial charge in [0.25, 0.3) is 0 Å². The van der Waals surface area contributed by atoms with Crippen molar-refractivity contribution in [2.45, 2.75) is 38.1 Å². The first-order valence-electron chi connectivity index (χ1n) is 5.51. The van der Waals surface area contributed by atoms with E-state index in [-0.39, 0.29) is 11.5 Å². The normalized spacial score (nSPS) is 12.8. The van der Waals surface area contributed by atoms with Gasteiger partial charge in [0.2, 0.25) is 10.0 Å². The SMILES string of the molecule is Cc1cc(F)cc(C)c1S(=O)(=O)NC(C)(C)CO. The van der Waals surface area contributed by atoms with Crippen molar-refractivity contribution in [3.63, 3.8) is 0 Å². The van der Waals surface area contributed by atoms with E-state index in [4.69, 9.17) is 5.11 Å². The number of halogens is 1. The molecule has 0 unspecified atom stereocenters. The monoisotopic (exact) mass is 275 g/mol. The fourth-order valence-electron chi connectivity index (χ4n) is 1.77. The molecule has 0 saturated carbocycles. The molecule has 18 heavy (non-hydrogen) atoms. The van der Waals surface area contributed by atoms with Crippen LogP contribution in [-0.2, 0) is 10.0 Å². The van der Waals surface area contributed by atoms with Crippen LogP contribution < -0.4 is 4.72 Å². The van der Waals surface area contributed by atoms with Gasteiger partial charge in [-0.25, -0.2) is 17.5 Å². The van der Waals surface area contributed by atoms with Crippen molar-refractivity contribution in [3.05, 3.63) is 29.1 Å². The van der Waals surface area contributed by atoms with E-state index >= 15 is 0 Å². The summed E-state index contributed by atoms with van der Waals surface area (Å²) in [5, 5.41) is 9.10. The van der Waals surface area contributed by atoms with Gasteiger partial charge in [0.05, 0.1) is 17.0 Å². The predicted molar refractivity (Wildman–Crippen MR) is 67.4 cm³/mol. The summed E-state index contributed by atoms with van der Waals surface area (Å²) in [6, 6.07) is 2.35. The number of nitrogens with one attached hydrogen (secondary N) is 1. The number of aryl methyl sites for hydroxylation is 2. The number of sulfonamides is 1. The average molecular weight is 275 g/mol. The lowest BCUT2D eigenvalue weighted by Crippen LogP contribution is -2.46. The highest BCUT2D eigenvalue weighted by Crippen LogP contribution is 2.22. The highest BCUT2D eigenvalue weighted by Gasteiger charge is 2.28. The van der Waals surface area contributed by atoms with Crippen molar-refractivity contribution in [2.24, 2.45) is 0 Å². The van der Waals surface area contributed by atoms with Crippen LogP contribution in [0, 0.1) is 19.7 Å². The van der Waals surface area contributed by atoms with Gasteiger partial charge in [0.1, 0.15) is 5.82 Å². The summed E-state index contributed by atoms with van der Waals surface area (Å²) in [7, 11) is -3.78. The second kappa shape index (κ2) is 4.95. The molecule has 1 rings (SSSR count). The molecule has 0 aliphatic rings. The number of hydrogen-bond donors (Lipinski definition) is 2. The molecule has 6 heteroatoms. The molecule has 102 valence electrons. The number of hydrogen-bond acceptors (Lipinski definition) is 3. The largest absolute Gasteiger partial charge is 0.394 e. The van der Waals surface area contributed by atoms with E-state index < -0.39 is 21.4 Å². The Hall–Kier alpha value is -0.980. The van der Waals surface area contributed by atoms with Gasteiger partial charge in [0.15, 0.2) is 0 Å². The van der Waals surface area contributed by atoms with Gasteiger partial charge in [-0.15, -0.1) is 0 Å². The highest BCUT2D eigenvalue weighted by molar-refractivity contribution is 7.89. The zero-order valence-corrected chi connectivity index (χ0v) is 11.7. The molecule has 0 spiro atoms. The maximum Gasteiger partial charge on any atom is 0.241 e. The Kier molecular flexibility index (Phi) is 4.15. The van der Waals surface area contributed by atoms with Crippen molar-refractivity contribution < 1.29 is 17.9 Å². The first-order valence-corrected chi connectivity index (χ1v) is 6.99.